The van der Waals surface area contributed by atoms with Crippen molar-refractivity contribution in [3.8, 4) is 5.75 Å². The lowest BCUT2D eigenvalue weighted by Gasteiger charge is -2.30. The summed E-state index contributed by atoms with van der Waals surface area (Å²) in [5.41, 5.74) is 1.16. The number of nitrogens with zero attached hydrogens (tertiary/aromatic N) is 2. The molecule has 2 aliphatic heterocycles. The van der Waals surface area contributed by atoms with Crippen molar-refractivity contribution in [3.63, 3.8) is 0 Å². The maximum atomic E-state index is 13.4. The first kappa shape index (κ1) is 24.1. The Morgan fingerprint density at radius 2 is 1.97 bits per heavy atom. The quantitative estimate of drug-likeness (QED) is 0.304. The van der Waals surface area contributed by atoms with E-state index >= 15 is 0 Å². The number of carbonyl (C=O) groups excluding carboxylic acids is 1. The van der Waals surface area contributed by atoms with Gasteiger partial charge in [0.15, 0.2) is 5.54 Å². The lowest BCUT2D eigenvalue weighted by Crippen LogP contribution is -2.54. The molecule has 0 aliphatic carbocycles. The van der Waals surface area contributed by atoms with Gasteiger partial charge in [0.05, 0.1) is 5.92 Å². The number of hydrogen-bond donors (Lipinski definition) is 1. The van der Waals surface area contributed by atoms with Crippen LogP contribution >= 0.6 is 39.1 Å². The van der Waals surface area contributed by atoms with E-state index in [1.165, 1.54) is 0 Å². The van der Waals surface area contributed by atoms with Gasteiger partial charge < -0.3 is 10.1 Å². The number of halogens is 3. The zero-order chi connectivity index (χ0) is 24.9. The summed E-state index contributed by atoms with van der Waals surface area (Å²) in [7, 11) is 1.75. The number of carbonyl (C=O) groups is 1. The van der Waals surface area contributed by atoms with Crippen LogP contribution in [0.25, 0.3) is 0 Å². The molecule has 180 valence electrons. The highest BCUT2D eigenvalue weighted by Crippen LogP contribution is 2.53. The predicted molar refractivity (Wildman–Crippen MR) is 138 cm³/mol. The monoisotopic (exact) mass is 575 g/mol. The van der Waals surface area contributed by atoms with Crippen molar-refractivity contribution in [3.05, 3.63) is 102 Å². The van der Waals surface area contributed by atoms with E-state index in [9.17, 15) is 14.9 Å². The standard InChI is InChI=1S/C25H20BrCl2N3O4/c1-30-12-18(23(31(33)34)25(30)19-4-2-3-5-21(19)29-24(25)32)17-10-15(26)7-9-22(17)35-13-14-6-8-16(27)11-20(14)28/h2-11,18,23H,12-13H2,1H3,(H,29,32)/t18-,23-,25-/m1/s1. The number of nitrogens with one attached hydrogen (secondary N) is 1. The van der Waals surface area contributed by atoms with E-state index in [0.717, 1.165) is 10.0 Å². The van der Waals surface area contributed by atoms with Gasteiger partial charge in [0, 0.05) is 48.4 Å². The molecule has 7 nitrogen and oxygen atoms in total. The van der Waals surface area contributed by atoms with Gasteiger partial charge in [0.2, 0.25) is 0 Å². The summed E-state index contributed by atoms with van der Waals surface area (Å²) in [5.74, 6) is -0.510. The number of anilines is 1. The van der Waals surface area contributed by atoms with Gasteiger partial charge in [0.25, 0.3) is 11.9 Å². The molecule has 1 saturated heterocycles. The van der Waals surface area contributed by atoms with Crippen LogP contribution in [0.4, 0.5) is 5.69 Å². The van der Waals surface area contributed by atoms with Gasteiger partial charge in [0.1, 0.15) is 12.4 Å². The molecule has 35 heavy (non-hydrogen) atoms. The third-order valence-corrected chi connectivity index (χ3v) is 7.89. The Bertz CT molecular complexity index is 1350. The fourth-order valence-corrected chi connectivity index (χ4v) is 6.14. The Morgan fingerprint density at radius 1 is 1.20 bits per heavy atom. The highest BCUT2D eigenvalue weighted by molar-refractivity contribution is 9.10. The fourth-order valence-electron chi connectivity index (χ4n) is 5.30. The SMILES string of the molecule is CN1C[C@H](c2cc(Br)ccc2OCc2ccc(Cl)cc2Cl)[C@@H]([N+](=O)[O-])[C@]12C(=O)Nc1ccccc12. The molecule has 2 aliphatic rings. The van der Waals surface area contributed by atoms with Crippen LogP contribution in [0.5, 0.6) is 5.75 Å². The minimum absolute atomic E-state index is 0.158. The number of fused-ring (bicyclic) bond motifs is 2. The Balaban J connectivity index is 1.57. The minimum Gasteiger partial charge on any atom is -0.489 e. The molecule has 1 spiro atoms. The molecule has 3 aromatic rings. The van der Waals surface area contributed by atoms with E-state index in [0.29, 0.717) is 39.2 Å². The number of likely N-dealkylation sites (N-methyl/N-ethyl adjacent to an activating group) is 1. The molecule has 1 amide bonds. The number of benzene rings is 3. The fraction of sp³-hybridized carbons (Fsp3) is 0.240. The maximum absolute atomic E-state index is 13.4. The van der Waals surface area contributed by atoms with Crippen molar-refractivity contribution < 1.29 is 14.5 Å². The van der Waals surface area contributed by atoms with E-state index in [1.54, 1.807) is 60.5 Å². The van der Waals surface area contributed by atoms with Crippen LogP contribution in [-0.4, -0.2) is 35.4 Å². The van der Waals surface area contributed by atoms with Crippen molar-refractivity contribution in [1.82, 2.24) is 4.90 Å². The number of likely N-dealkylation sites (tertiary alicyclic amines) is 1. The van der Waals surface area contributed by atoms with Gasteiger partial charge in [-0.1, -0.05) is 63.4 Å². The average Bonchev–Trinajstić information content (AvgIpc) is 3.29. The molecule has 0 aromatic heterocycles. The maximum Gasteiger partial charge on any atom is 0.256 e. The second-order valence-electron chi connectivity index (χ2n) is 8.69. The number of ether oxygens (including phenoxy) is 1. The smallest absolute Gasteiger partial charge is 0.256 e. The molecule has 5 rings (SSSR count). The zero-order valence-corrected chi connectivity index (χ0v) is 21.6. The lowest BCUT2D eigenvalue weighted by atomic mass is 9.79. The second-order valence-corrected chi connectivity index (χ2v) is 10.4. The third kappa shape index (κ3) is 3.89. The zero-order valence-electron chi connectivity index (χ0n) is 18.5. The molecule has 0 radical (unpaired) electrons. The highest BCUT2D eigenvalue weighted by Gasteiger charge is 2.68. The van der Waals surface area contributed by atoms with E-state index in [1.807, 2.05) is 12.1 Å². The molecule has 2 heterocycles. The molecule has 0 unspecified atom stereocenters. The van der Waals surface area contributed by atoms with Gasteiger partial charge in [-0.2, -0.15) is 0 Å². The van der Waals surface area contributed by atoms with Crippen molar-refractivity contribution in [2.45, 2.75) is 24.1 Å². The summed E-state index contributed by atoms with van der Waals surface area (Å²) in [4.78, 5) is 27.4. The Kier molecular flexibility index (Phi) is 6.25. The van der Waals surface area contributed by atoms with E-state index in [4.69, 9.17) is 27.9 Å². The Labute approximate surface area is 220 Å². The summed E-state index contributed by atoms with van der Waals surface area (Å²) < 4.78 is 6.89. The molecule has 10 heteroatoms. The molecule has 0 bridgehead atoms. The Morgan fingerprint density at radius 3 is 2.71 bits per heavy atom. The summed E-state index contributed by atoms with van der Waals surface area (Å²) in [6.45, 7) is 0.451. The van der Waals surface area contributed by atoms with E-state index in [-0.39, 0.29) is 11.5 Å². The topological polar surface area (TPSA) is 84.7 Å². The van der Waals surface area contributed by atoms with Crippen LogP contribution in [0.15, 0.2) is 65.1 Å². The molecule has 0 saturated carbocycles. The normalized spacial score (nSPS) is 23.4. The largest absolute Gasteiger partial charge is 0.489 e. The molecular weight excluding hydrogens is 557 g/mol. The first-order valence-electron chi connectivity index (χ1n) is 10.9. The van der Waals surface area contributed by atoms with Crippen LogP contribution in [-0.2, 0) is 16.9 Å². The van der Waals surface area contributed by atoms with Crippen LogP contribution < -0.4 is 10.1 Å². The first-order valence-corrected chi connectivity index (χ1v) is 12.4. The number of nitro groups is 1. The lowest BCUT2D eigenvalue weighted by molar-refractivity contribution is -0.534. The van der Waals surface area contributed by atoms with E-state index in [2.05, 4.69) is 21.2 Å². The second kappa shape index (κ2) is 9.09. The first-order chi connectivity index (χ1) is 16.7. The summed E-state index contributed by atoms with van der Waals surface area (Å²) in [5, 5.41) is 16.5. The van der Waals surface area contributed by atoms with Crippen molar-refractivity contribution in [2.24, 2.45) is 0 Å². The molecular formula is C25H20BrCl2N3O4. The minimum atomic E-state index is -1.43. The molecule has 3 aromatic carbocycles. The van der Waals surface area contributed by atoms with E-state index < -0.39 is 23.4 Å². The predicted octanol–water partition coefficient (Wildman–Crippen LogP) is 5.86. The number of rotatable bonds is 5. The van der Waals surface area contributed by atoms with Gasteiger partial charge in [-0.3, -0.25) is 19.8 Å². The Hall–Kier alpha value is -2.65. The highest BCUT2D eigenvalue weighted by atomic mass is 79.9. The van der Waals surface area contributed by atoms with Gasteiger partial charge in [-0.25, -0.2) is 0 Å². The number of amides is 1. The van der Waals surface area contributed by atoms with Crippen LogP contribution in [0.3, 0.4) is 0 Å². The summed E-state index contributed by atoms with van der Waals surface area (Å²) >= 11 is 15.8. The molecule has 1 N–H and O–H groups in total. The van der Waals surface area contributed by atoms with Crippen LogP contribution in [0.1, 0.15) is 22.6 Å². The summed E-state index contributed by atoms with van der Waals surface area (Å²) in [6.07, 6.45) is 0. The van der Waals surface area contributed by atoms with Gasteiger partial charge >= 0.3 is 0 Å². The van der Waals surface area contributed by atoms with Crippen molar-refractivity contribution >= 4 is 50.7 Å². The summed E-state index contributed by atoms with van der Waals surface area (Å²) in [6, 6.07) is 16.5. The van der Waals surface area contributed by atoms with Crippen LogP contribution in [0.2, 0.25) is 10.0 Å². The average molecular weight is 577 g/mol. The van der Waals surface area contributed by atoms with Gasteiger partial charge in [-0.05, 0) is 43.4 Å². The van der Waals surface area contributed by atoms with Gasteiger partial charge in [-0.15, -0.1) is 0 Å². The number of para-hydroxylation sites is 1. The van der Waals surface area contributed by atoms with Crippen LogP contribution in [0, 0.1) is 10.1 Å². The van der Waals surface area contributed by atoms with Crippen molar-refractivity contribution in [1.29, 1.82) is 0 Å². The number of hydrogen-bond acceptors (Lipinski definition) is 5. The van der Waals surface area contributed by atoms with Crippen molar-refractivity contribution in [2.75, 3.05) is 18.9 Å². The molecule has 1 fully saturated rings. The third-order valence-electron chi connectivity index (χ3n) is 6.81. The molecule has 3 atom stereocenters.